The minimum atomic E-state index is -0.883. The molecule has 0 aliphatic carbocycles. The zero-order valence-electron chi connectivity index (χ0n) is 18.6. The van der Waals surface area contributed by atoms with Crippen molar-refractivity contribution in [2.45, 2.75) is 45.3 Å². The Morgan fingerprint density at radius 2 is 1.66 bits per heavy atom. The van der Waals surface area contributed by atoms with E-state index >= 15 is 0 Å². The first-order valence-corrected chi connectivity index (χ1v) is 11.5. The fourth-order valence-corrected chi connectivity index (χ4v) is 3.90. The molecule has 1 aliphatic heterocycles. The van der Waals surface area contributed by atoms with Crippen molar-refractivity contribution in [1.29, 1.82) is 0 Å². The molecule has 0 aromatic heterocycles. The van der Waals surface area contributed by atoms with Crippen LogP contribution in [0.4, 0.5) is 0 Å². The minimum absolute atomic E-state index is 0.125. The second-order valence-corrected chi connectivity index (χ2v) is 7.88. The Labute approximate surface area is 199 Å². The van der Waals surface area contributed by atoms with Gasteiger partial charge in [0.15, 0.2) is 0 Å². The van der Waals surface area contributed by atoms with Gasteiger partial charge in [0.2, 0.25) is 0 Å². The van der Waals surface area contributed by atoms with E-state index in [2.05, 4.69) is 10.6 Å². The molecular weight excluding hydrogens is 451 g/mol. The van der Waals surface area contributed by atoms with Crippen LogP contribution in [0.15, 0.2) is 42.5 Å². The average Bonchev–Trinajstić information content (AvgIpc) is 2.81. The van der Waals surface area contributed by atoms with Crippen LogP contribution in [-0.4, -0.2) is 44.2 Å². The molecule has 1 unspecified atom stereocenters. The van der Waals surface area contributed by atoms with Crippen molar-refractivity contribution in [3.63, 3.8) is 0 Å². The number of rotatable bonds is 7. The molecule has 2 N–H and O–H groups in total. The molecule has 1 saturated heterocycles. The van der Waals surface area contributed by atoms with Crippen molar-refractivity contribution >= 4 is 35.1 Å². The third kappa shape index (κ3) is 7.40. The fourth-order valence-electron chi connectivity index (χ4n) is 3.33. The highest BCUT2D eigenvalue weighted by atomic mass is 35.5. The lowest BCUT2D eigenvalue weighted by molar-refractivity contribution is -0.142. The highest BCUT2D eigenvalue weighted by molar-refractivity contribution is 6.39. The van der Waals surface area contributed by atoms with Gasteiger partial charge in [-0.25, -0.2) is 4.79 Å². The van der Waals surface area contributed by atoms with Gasteiger partial charge in [0, 0.05) is 6.42 Å². The van der Waals surface area contributed by atoms with Crippen LogP contribution in [0.3, 0.4) is 0 Å². The molecule has 1 atom stereocenters. The van der Waals surface area contributed by atoms with Crippen molar-refractivity contribution in [3.05, 3.63) is 63.6 Å². The Kier molecular flexibility index (Phi) is 10.8. The number of benzene rings is 2. The number of hydrogen-bond acceptors (Lipinski definition) is 5. The van der Waals surface area contributed by atoms with Crippen LogP contribution in [0.2, 0.25) is 10.0 Å². The molecule has 1 heterocycles. The number of esters is 1. The average molecular weight is 481 g/mol. The van der Waals surface area contributed by atoms with E-state index < -0.39 is 17.9 Å². The molecule has 32 heavy (non-hydrogen) atoms. The molecule has 6 nitrogen and oxygen atoms in total. The van der Waals surface area contributed by atoms with Crippen LogP contribution < -0.4 is 15.4 Å². The Morgan fingerprint density at radius 3 is 2.22 bits per heavy atom. The molecule has 1 amide bonds. The zero-order chi connectivity index (χ0) is 23.5. The molecule has 2 aromatic rings. The Bertz CT molecular complexity index is 864. The van der Waals surface area contributed by atoms with Gasteiger partial charge >= 0.3 is 5.97 Å². The third-order valence-corrected chi connectivity index (χ3v) is 5.56. The summed E-state index contributed by atoms with van der Waals surface area (Å²) in [7, 11) is 1.28. The summed E-state index contributed by atoms with van der Waals surface area (Å²) in [6.45, 7) is 5.91. The van der Waals surface area contributed by atoms with Crippen molar-refractivity contribution in [2.75, 3.05) is 20.2 Å². The summed E-state index contributed by atoms with van der Waals surface area (Å²) < 4.78 is 10.9. The van der Waals surface area contributed by atoms with Crippen LogP contribution in [0.1, 0.15) is 42.6 Å². The van der Waals surface area contributed by atoms with Crippen LogP contribution in [0, 0.1) is 0 Å². The lowest BCUT2D eigenvalue weighted by atomic mass is 10.0. The van der Waals surface area contributed by atoms with Gasteiger partial charge < -0.3 is 20.1 Å². The Hall–Kier alpha value is -2.28. The van der Waals surface area contributed by atoms with Crippen LogP contribution in [-0.2, 0) is 16.0 Å². The summed E-state index contributed by atoms with van der Waals surface area (Å²) in [5, 5.41) is 6.40. The minimum Gasteiger partial charge on any atom is -0.490 e. The SMILES string of the molecule is CC.COC(=O)C(Cc1ccc(OC2CCNCC2)cc1)NC(=O)c1c(Cl)cccc1Cl. The summed E-state index contributed by atoms with van der Waals surface area (Å²) in [5.74, 6) is -0.305. The van der Waals surface area contributed by atoms with E-state index in [-0.39, 0.29) is 28.1 Å². The first-order valence-electron chi connectivity index (χ1n) is 10.8. The van der Waals surface area contributed by atoms with Gasteiger partial charge in [-0.05, 0) is 55.8 Å². The third-order valence-electron chi connectivity index (χ3n) is 4.93. The molecule has 0 saturated carbocycles. The standard InChI is InChI=1S/C22H24Cl2N2O4.C2H6/c1-29-22(28)19(26-21(27)20-17(23)3-2-4-18(20)24)13-14-5-7-15(8-6-14)30-16-9-11-25-12-10-16;1-2/h2-8,16,19,25H,9-13H2,1H3,(H,26,27);1-2H3. The van der Waals surface area contributed by atoms with Gasteiger partial charge in [-0.1, -0.05) is 55.2 Å². The predicted molar refractivity (Wildman–Crippen MR) is 128 cm³/mol. The highest BCUT2D eigenvalue weighted by Gasteiger charge is 2.25. The largest absolute Gasteiger partial charge is 0.490 e. The van der Waals surface area contributed by atoms with Gasteiger partial charge in [-0.15, -0.1) is 0 Å². The summed E-state index contributed by atoms with van der Waals surface area (Å²) in [4.78, 5) is 24.9. The first kappa shape index (κ1) is 26.0. The number of hydrogen-bond donors (Lipinski definition) is 2. The van der Waals surface area contributed by atoms with E-state index in [0.29, 0.717) is 0 Å². The van der Waals surface area contributed by atoms with Crippen LogP contribution >= 0.6 is 23.2 Å². The van der Waals surface area contributed by atoms with E-state index in [4.69, 9.17) is 32.7 Å². The topological polar surface area (TPSA) is 76.7 Å². The first-order chi connectivity index (χ1) is 15.5. The second kappa shape index (κ2) is 13.3. The van der Waals surface area contributed by atoms with Gasteiger partial charge in [0.25, 0.3) is 5.91 Å². The molecule has 174 valence electrons. The molecule has 0 radical (unpaired) electrons. The number of amides is 1. The lowest BCUT2D eigenvalue weighted by Gasteiger charge is -2.24. The maximum Gasteiger partial charge on any atom is 0.328 e. The highest BCUT2D eigenvalue weighted by Crippen LogP contribution is 2.24. The Morgan fingerprint density at radius 1 is 1.06 bits per heavy atom. The number of carbonyl (C=O) groups is 2. The predicted octanol–water partition coefficient (Wildman–Crippen LogP) is 4.66. The molecule has 0 spiro atoms. The van der Waals surface area contributed by atoms with Gasteiger partial charge in [-0.3, -0.25) is 4.79 Å². The van der Waals surface area contributed by atoms with E-state index in [1.165, 1.54) is 7.11 Å². The second-order valence-electron chi connectivity index (χ2n) is 7.06. The van der Waals surface area contributed by atoms with E-state index in [0.717, 1.165) is 37.2 Å². The molecule has 1 fully saturated rings. The summed E-state index contributed by atoms with van der Waals surface area (Å²) >= 11 is 12.2. The lowest BCUT2D eigenvalue weighted by Crippen LogP contribution is -2.43. The van der Waals surface area contributed by atoms with Crippen molar-refractivity contribution in [2.24, 2.45) is 0 Å². The van der Waals surface area contributed by atoms with Crippen molar-refractivity contribution in [3.8, 4) is 5.75 Å². The van der Waals surface area contributed by atoms with E-state index in [1.807, 2.05) is 38.1 Å². The zero-order valence-corrected chi connectivity index (χ0v) is 20.1. The normalized spacial score (nSPS) is 14.5. The van der Waals surface area contributed by atoms with Crippen molar-refractivity contribution in [1.82, 2.24) is 10.6 Å². The number of halogens is 2. The number of carbonyl (C=O) groups excluding carboxylic acids is 2. The van der Waals surface area contributed by atoms with Gasteiger partial charge in [0.1, 0.15) is 17.9 Å². The number of ether oxygens (including phenoxy) is 2. The van der Waals surface area contributed by atoms with E-state index in [1.54, 1.807) is 18.2 Å². The van der Waals surface area contributed by atoms with E-state index in [9.17, 15) is 9.59 Å². The number of nitrogens with one attached hydrogen (secondary N) is 2. The molecule has 2 aromatic carbocycles. The maximum absolute atomic E-state index is 12.7. The quantitative estimate of drug-likeness (QED) is 0.563. The fraction of sp³-hybridized carbons (Fsp3) is 0.417. The summed E-state index contributed by atoms with van der Waals surface area (Å²) in [6.07, 6.45) is 2.42. The monoisotopic (exact) mass is 480 g/mol. The molecular formula is C24H30Cl2N2O4. The molecule has 1 aliphatic rings. The smallest absolute Gasteiger partial charge is 0.328 e. The molecule has 0 bridgehead atoms. The van der Waals surface area contributed by atoms with Crippen LogP contribution in [0.25, 0.3) is 0 Å². The number of methoxy groups -OCH3 is 1. The van der Waals surface area contributed by atoms with Gasteiger partial charge in [-0.2, -0.15) is 0 Å². The van der Waals surface area contributed by atoms with Crippen molar-refractivity contribution < 1.29 is 19.1 Å². The molecule has 8 heteroatoms. The number of piperidine rings is 1. The van der Waals surface area contributed by atoms with Crippen LogP contribution in [0.5, 0.6) is 5.75 Å². The summed E-state index contributed by atoms with van der Waals surface area (Å²) in [5.41, 5.74) is 0.981. The maximum atomic E-state index is 12.7. The van der Waals surface area contributed by atoms with Gasteiger partial charge in [0.05, 0.1) is 22.7 Å². The molecule has 3 rings (SSSR count). The summed E-state index contributed by atoms with van der Waals surface area (Å²) in [6, 6.07) is 11.4. The Balaban J connectivity index is 0.00000176.